The summed E-state index contributed by atoms with van der Waals surface area (Å²) < 4.78 is 15.1. The zero-order valence-corrected chi connectivity index (χ0v) is 21.5. The van der Waals surface area contributed by atoms with E-state index in [0.29, 0.717) is 29.3 Å². The highest BCUT2D eigenvalue weighted by atomic mass is 19.1. The van der Waals surface area contributed by atoms with Crippen LogP contribution in [0.1, 0.15) is 43.6 Å². The maximum Gasteiger partial charge on any atom is 0.254 e. The third-order valence-corrected chi connectivity index (χ3v) is 6.12. The first kappa shape index (κ1) is 25.8. The van der Waals surface area contributed by atoms with E-state index in [2.05, 4.69) is 31.2 Å². The Bertz CT molecular complexity index is 1370. The van der Waals surface area contributed by atoms with E-state index in [9.17, 15) is 14.0 Å². The summed E-state index contributed by atoms with van der Waals surface area (Å²) in [6.45, 7) is 8.45. The van der Waals surface area contributed by atoms with Crippen LogP contribution in [0.5, 0.6) is 0 Å². The molecule has 1 aromatic heterocycles. The molecule has 2 amide bonds. The Balaban J connectivity index is 1.55. The van der Waals surface area contributed by atoms with Gasteiger partial charge in [0.15, 0.2) is 0 Å². The first-order chi connectivity index (χ1) is 17.7. The van der Waals surface area contributed by atoms with Crippen molar-refractivity contribution in [1.82, 2.24) is 14.7 Å². The molecule has 4 aromatic rings. The van der Waals surface area contributed by atoms with Crippen molar-refractivity contribution in [3.63, 3.8) is 0 Å². The van der Waals surface area contributed by atoms with Gasteiger partial charge in [0.05, 0.1) is 11.4 Å². The van der Waals surface area contributed by atoms with E-state index in [1.165, 1.54) is 17.0 Å². The first-order valence-electron chi connectivity index (χ1n) is 12.3. The van der Waals surface area contributed by atoms with Gasteiger partial charge in [0.2, 0.25) is 5.91 Å². The van der Waals surface area contributed by atoms with E-state index in [0.717, 1.165) is 11.1 Å². The van der Waals surface area contributed by atoms with Crippen molar-refractivity contribution in [1.29, 1.82) is 0 Å². The number of nitrogens with one attached hydrogen (secondary N) is 1. The fourth-order valence-corrected chi connectivity index (χ4v) is 3.98. The quantitative estimate of drug-likeness (QED) is 0.336. The minimum absolute atomic E-state index is 0.0159. The van der Waals surface area contributed by atoms with Crippen LogP contribution < -0.4 is 5.32 Å². The highest BCUT2D eigenvalue weighted by Crippen LogP contribution is 2.25. The van der Waals surface area contributed by atoms with E-state index in [-0.39, 0.29) is 29.6 Å². The molecule has 0 radical (unpaired) electrons. The second-order valence-electron chi connectivity index (χ2n) is 9.86. The number of hydrogen-bond acceptors (Lipinski definition) is 3. The summed E-state index contributed by atoms with van der Waals surface area (Å²) in [5, 5.41) is 7.53. The number of rotatable bonds is 7. The van der Waals surface area contributed by atoms with Gasteiger partial charge in [-0.3, -0.25) is 9.59 Å². The van der Waals surface area contributed by atoms with Crippen LogP contribution >= 0.6 is 0 Å². The van der Waals surface area contributed by atoms with Crippen molar-refractivity contribution in [2.24, 2.45) is 0 Å². The van der Waals surface area contributed by atoms with Gasteiger partial charge >= 0.3 is 0 Å². The molecule has 0 aliphatic rings. The Kier molecular flexibility index (Phi) is 7.53. The van der Waals surface area contributed by atoms with Crippen LogP contribution in [0.25, 0.3) is 16.9 Å². The Hall–Kier alpha value is -4.26. The van der Waals surface area contributed by atoms with Crippen LogP contribution in [-0.2, 0) is 10.2 Å². The summed E-state index contributed by atoms with van der Waals surface area (Å²) in [5.74, 6) is -0.509. The third kappa shape index (κ3) is 6.12. The van der Waals surface area contributed by atoms with Crippen LogP contribution in [0.15, 0.2) is 84.9 Å². The molecular formula is C30H31FN4O2. The minimum Gasteiger partial charge on any atom is -0.330 e. The maximum atomic E-state index is 13.5. The van der Waals surface area contributed by atoms with Crippen LogP contribution in [0.4, 0.5) is 10.2 Å². The fraction of sp³-hybridized carbons (Fsp3) is 0.233. The molecule has 1 N–H and O–H groups in total. The molecule has 37 heavy (non-hydrogen) atoms. The lowest BCUT2D eigenvalue weighted by Gasteiger charge is -2.22. The lowest BCUT2D eigenvalue weighted by Crippen LogP contribution is -2.38. The molecule has 3 aromatic carbocycles. The second kappa shape index (κ2) is 10.8. The zero-order chi connectivity index (χ0) is 26.6. The van der Waals surface area contributed by atoms with E-state index < -0.39 is 0 Å². The van der Waals surface area contributed by atoms with Crippen LogP contribution in [0, 0.1) is 5.82 Å². The molecule has 1 heterocycles. The molecule has 0 atom stereocenters. The van der Waals surface area contributed by atoms with Crippen LogP contribution in [-0.4, -0.2) is 39.6 Å². The molecule has 0 aliphatic carbocycles. The van der Waals surface area contributed by atoms with Crippen LogP contribution in [0.2, 0.25) is 0 Å². The van der Waals surface area contributed by atoms with Crippen molar-refractivity contribution in [3.05, 3.63) is 102 Å². The number of halogens is 1. The summed E-state index contributed by atoms with van der Waals surface area (Å²) >= 11 is 0. The van der Waals surface area contributed by atoms with Crippen molar-refractivity contribution in [3.8, 4) is 16.9 Å². The molecule has 4 rings (SSSR count). The van der Waals surface area contributed by atoms with Gasteiger partial charge in [-0.15, -0.1) is 0 Å². The van der Waals surface area contributed by atoms with Gasteiger partial charge < -0.3 is 10.2 Å². The van der Waals surface area contributed by atoms with E-state index >= 15 is 0 Å². The average molecular weight is 499 g/mol. The molecule has 0 bridgehead atoms. The number of carbonyl (C=O) groups is 2. The van der Waals surface area contributed by atoms with Crippen molar-refractivity contribution in [2.45, 2.75) is 33.1 Å². The Labute approximate surface area is 216 Å². The van der Waals surface area contributed by atoms with E-state index in [1.807, 2.05) is 49.4 Å². The molecule has 7 heteroatoms. The number of aromatic nitrogens is 2. The van der Waals surface area contributed by atoms with Gasteiger partial charge in [0.1, 0.15) is 18.2 Å². The highest BCUT2D eigenvalue weighted by Gasteiger charge is 2.21. The largest absolute Gasteiger partial charge is 0.330 e. The van der Waals surface area contributed by atoms with E-state index in [4.69, 9.17) is 0 Å². The molecular weight excluding hydrogens is 467 g/mol. The predicted molar refractivity (Wildman–Crippen MR) is 144 cm³/mol. The monoisotopic (exact) mass is 498 g/mol. The van der Waals surface area contributed by atoms with Gasteiger partial charge in [0.25, 0.3) is 5.91 Å². The third-order valence-electron chi connectivity index (χ3n) is 6.12. The molecule has 0 saturated heterocycles. The molecule has 0 unspecified atom stereocenters. The predicted octanol–water partition coefficient (Wildman–Crippen LogP) is 6.08. The number of benzene rings is 3. The Morgan fingerprint density at radius 3 is 2.19 bits per heavy atom. The number of amides is 2. The molecule has 6 nitrogen and oxygen atoms in total. The SMILES string of the molecule is CCN(CC(=O)Nc1cc(-c2ccccc2)nn1-c1ccc(F)cc1)C(=O)c1ccc(C(C)(C)C)cc1. The minimum atomic E-state index is -0.364. The Morgan fingerprint density at radius 1 is 0.946 bits per heavy atom. The van der Waals surface area contributed by atoms with Gasteiger partial charge in [-0.05, 0) is 54.3 Å². The summed E-state index contributed by atoms with van der Waals surface area (Å²) in [5.41, 5.74) is 3.78. The summed E-state index contributed by atoms with van der Waals surface area (Å²) in [6.07, 6.45) is 0. The number of nitrogens with zero attached hydrogens (tertiary/aromatic N) is 3. The summed E-state index contributed by atoms with van der Waals surface area (Å²) in [4.78, 5) is 27.7. The normalized spacial score (nSPS) is 11.3. The standard InChI is InChI=1S/C30H31FN4O2/c1-5-34(29(37)22-11-13-23(14-12-22)30(2,3)4)20-28(36)32-27-19-26(21-9-7-6-8-10-21)33-35(27)25-17-15-24(31)16-18-25/h6-19H,5,20H2,1-4H3,(H,32,36). The van der Waals surface area contributed by atoms with Gasteiger partial charge in [0, 0.05) is 23.7 Å². The number of anilines is 1. The summed E-state index contributed by atoms with van der Waals surface area (Å²) in [6, 6.07) is 24.7. The molecule has 190 valence electrons. The highest BCUT2D eigenvalue weighted by molar-refractivity contribution is 5.99. The lowest BCUT2D eigenvalue weighted by atomic mass is 9.86. The maximum absolute atomic E-state index is 13.5. The molecule has 0 saturated carbocycles. The smallest absolute Gasteiger partial charge is 0.254 e. The van der Waals surface area contributed by atoms with E-state index in [1.54, 1.807) is 35.0 Å². The molecule has 0 fully saturated rings. The number of likely N-dealkylation sites (N-methyl/N-ethyl adjacent to an activating group) is 1. The number of hydrogen-bond donors (Lipinski definition) is 1. The Morgan fingerprint density at radius 2 is 1.59 bits per heavy atom. The van der Waals surface area contributed by atoms with Gasteiger partial charge in [-0.25, -0.2) is 9.07 Å². The number of carbonyl (C=O) groups excluding carboxylic acids is 2. The second-order valence-corrected chi connectivity index (χ2v) is 9.86. The average Bonchev–Trinajstić information content (AvgIpc) is 3.31. The first-order valence-corrected chi connectivity index (χ1v) is 12.3. The van der Waals surface area contributed by atoms with Crippen LogP contribution in [0.3, 0.4) is 0 Å². The van der Waals surface area contributed by atoms with Gasteiger partial charge in [-0.2, -0.15) is 5.10 Å². The molecule has 0 aliphatic heterocycles. The summed E-state index contributed by atoms with van der Waals surface area (Å²) in [7, 11) is 0. The zero-order valence-electron chi connectivity index (χ0n) is 21.5. The lowest BCUT2D eigenvalue weighted by molar-refractivity contribution is -0.116. The van der Waals surface area contributed by atoms with Gasteiger partial charge in [-0.1, -0.05) is 63.2 Å². The van der Waals surface area contributed by atoms with Crippen molar-refractivity contribution in [2.75, 3.05) is 18.4 Å². The fourth-order valence-electron chi connectivity index (χ4n) is 3.98. The van der Waals surface area contributed by atoms with Crippen molar-refractivity contribution >= 4 is 17.6 Å². The van der Waals surface area contributed by atoms with Crippen molar-refractivity contribution < 1.29 is 14.0 Å². The molecule has 0 spiro atoms. The topological polar surface area (TPSA) is 67.2 Å².